The predicted octanol–water partition coefficient (Wildman–Crippen LogP) is 4.47. The maximum atomic E-state index is 11.9. The quantitative estimate of drug-likeness (QED) is 0.456. The molecule has 0 aliphatic rings. The normalized spacial score (nSPS) is 12.1. The molecule has 0 bridgehead atoms. The van der Waals surface area contributed by atoms with E-state index >= 15 is 0 Å². The summed E-state index contributed by atoms with van der Waals surface area (Å²) in [6.45, 7) is 0. The number of pyridine rings is 1. The number of halogens is 1. The van der Waals surface area contributed by atoms with E-state index < -0.39 is 12.0 Å². The Balaban J connectivity index is 1.78. The minimum absolute atomic E-state index is 0.320. The second-order valence-electron chi connectivity index (χ2n) is 6.76. The number of benzene rings is 2. The number of rotatable bonds is 5. The third-order valence-corrected chi connectivity index (χ3v) is 5.33. The Labute approximate surface area is 177 Å². The Morgan fingerprint density at radius 2 is 1.69 bits per heavy atom. The minimum atomic E-state index is -0.763. The first-order chi connectivity index (χ1) is 14.1. The van der Waals surface area contributed by atoms with Crippen molar-refractivity contribution in [3.05, 3.63) is 83.1 Å². The second-order valence-corrected chi connectivity index (χ2v) is 7.68. The number of nitrogens with zero attached hydrogens (tertiary/aromatic N) is 2. The zero-order chi connectivity index (χ0) is 20.4. The van der Waals surface area contributed by atoms with Crippen LogP contribution in [0.4, 0.5) is 0 Å². The lowest BCUT2D eigenvalue weighted by molar-refractivity contribution is -0.142. The van der Waals surface area contributed by atoms with Crippen LogP contribution in [-0.2, 0) is 16.0 Å². The summed E-state index contributed by atoms with van der Waals surface area (Å²) in [6, 6.07) is 21.6. The van der Waals surface area contributed by atoms with Crippen LogP contribution >= 0.6 is 15.9 Å². The topological polar surface area (TPSA) is 69.6 Å². The Morgan fingerprint density at radius 1 is 1.03 bits per heavy atom. The van der Waals surface area contributed by atoms with Crippen molar-refractivity contribution in [3.63, 3.8) is 0 Å². The number of methoxy groups -OCH3 is 1. The van der Waals surface area contributed by atoms with Crippen molar-refractivity contribution in [2.75, 3.05) is 7.11 Å². The van der Waals surface area contributed by atoms with Gasteiger partial charge >= 0.3 is 5.97 Å². The van der Waals surface area contributed by atoms with Gasteiger partial charge in [-0.25, -0.2) is 4.98 Å². The summed E-state index contributed by atoms with van der Waals surface area (Å²) in [6.07, 6.45) is 2.25. The Kier molecular flexibility index (Phi) is 5.47. The number of hydrogen-bond acceptors (Lipinski definition) is 4. The van der Waals surface area contributed by atoms with Gasteiger partial charge in [0.1, 0.15) is 11.7 Å². The van der Waals surface area contributed by atoms with Gasteiger partial charge in [0.15, 0.2) is 0 Å². The molecule has 2 aromatic carbocycles. The van der Waals surface area contributed by atoms with Crippen molar-refractivity contribution >= 4 is 27.5 Å². The van der Waals surface area contributed by atoms with Crippen molar-refractivity contribution in [3.8, 4) is 22.4 Å². The monoisotopic (exact) mass is 449 g/mol. The Hall–Kier alpha value is -2.96. The molecule has 0 saturated carbocycles. The molecule has 2 aromatic heterocycles. The molecule has 29 heavy (non-hydrogen) atoms. The highest BCUT2D eigenvalue weighted by Gasteiger charge is 2.21. The minimum Gasteiger partial charge on any atom is -0.468 e. The zero-order valence-corrected chi connectivity index (χ0v) is 17.5. The zero-order valence-electron chi connectivity index (χ0n) is 15.9. The number of ether oxygens (including phenoxy) is 1. The molecule has 4 rings (SSSR count). The van der Waals surface area contributed by atoms with Gasteiger partial charge < -0.3 is 14.9 Å². The fourth-order valence-electron chi connectivity index (χ4n) is 3.39. The number of carbonyl (C=O) groups is 1. The molecule has 0 amide bonds. The van der Waals surface area contributed by atoms with Gasteiger partial charge in [-0.05, 0) is 39.2 Å². The molecule has 4 aromatic rings. The van der Waals surface area contributed by atoms with Gasteiger partial charge in [-0.15, -0.1) is 0 Å². The van der Waals surface area contributed by atoms with Crippen LogP contribution in [0.5, 0.6) is 0 Å². The van der Waals surface area contributed by atoms with Crippen molar-refractivity contribution in [1.29, 1.82) is 0 Å². The molecule has 146 valence electrons. The number of nitrogens with two attached hydrogens (primary N) is 1. The molecule has 0 aliphatic heterocycles. The van der Waals surface area contributed by atoms with Gasteiger partial charge in [0, 0.05) is 22.7 Å². The summed E-state index contributed by atoms with van der Waals surface area (Å²) in [4.78, 5) is 16.7. The molecular formula is C23H20BrN3O2. The average molecular weight is 450 g/mol. The number of fused-ring (bicyclic) bond motifs is 1. The van der Waals surface area contributed by atoms with E-state index in [1.165, 1.54) is 7.11 Å². The largest absolute Gasteiger partial charge is 0.468 e. The molecule has 1 unspecified atom stereocenters. The van der Waals surface area contributed by atoms with Crippen molar-refractivity contribution in [2.24, 2.45) is 5.73 Å². The molecule has 5 nitrogen and oxygen atoms in total. The maximum absolute atomic E-state index is 11.9. The lowest BCUT2D eigenvalue weighted by Crippen LogP contribution is -2.34. The molecule has 0 radical (unpaired) electrons. The van der Waals surface area contributed by atoms with Crippen LogP contribution in [0.25, 0.3) is 28.0 Å². The van der Waals surface area contributed by atoms with Crippen LogP contribution in [0.15, 0.2) is 77.4 Å². The fraction of sp³-hybridized carbons (Fsp3) is 0.130. The number of aromatic nitrogens is 2. The van der Waals surface area contributed by atoms with E-state index in [0.717, 1.165) is 38.2 Å². The van der Waals surface area contributed by atoms with E-state index in [0.29, 0.717) is 6.42 Å². The standard InChI is InChI=1S/C23H20BrN3O2/c1-29-23(28)19(25)13-20-22(26-21-12-11-18(24)14-27(20)21)17-9-7-16(8-10-17)15-5-3-2-4-6-15/h2-12,14,19H,13,25H2,1H3. The van der Waals surface area contributed by atoms with E-state index in [2.05, 4.69) is 40.2 Å². The predicted molar refractivity (Wildman–Crippen MR) is 117 cm³/mol. The van der Waals surface area contributed by atoms with E-state index in [1.807, 2.05) is 53.1 Å². The van der Waals surface area contributed by atoms with E-state index in [-0.39, 0.29) is 0 Å². The van der Waals surface area contributed by atoms with Crippen molar-refractivity contribution < 1.29 is 9.53 Å². The summed E-state index contributed by atoms with van der Waals surface area (Å²) in [5.74, 6) is -0.444. The van der Waals surface area contributed by atoms with Crippen molar-refractivity contribution in [2.45, 2.75) is 12.5 Å². The first-order valence-corrected chi connectivity index (χ1v) is 10.0. The number of imidazole rings is 1. The van der Waals surface area contributed by atoms with Crippen LogP contribution in [0.3, 0.4) is 0 Å². The highest BCUT2D eigenvalue weighted by molar-refractivity contribution is 9.10. The smallest absolute Gasteiger partial charge is 0.323 e. The van der Waals surface area contributed by atoms with Gasteiger partial charge in [0.25, 0.3) is 0 Å². The van der Waals surface area contributed by atoms with Crippen molar-refractivity contribution in [1.82, 2.24) is 9.38 Å². The van der Waals surface area contributed by atoms with Crippen LogP contribution in [-0.4, -0.2) is 28.5 Å². The number of esters is 1. The van der Waals surface area contributed by atoms with Crippen LogP contribution in [0.2, 0.25) is 0 Å². The lowest BCUT2D eigenvalue weighted by atomic mass is 10.0. The summed E-state index contributed by atoms with van der Waals surface area (Å²) in [7, 11) is 1.34. The van der Waals surface area contributed by atoms with E-state index in [4.69, 9.17) is 15.5 Å². The molecule has 0 spiro atoms. The first-order valence-electron chi connectivity index (χ1n) is 9.22. The van der Waals surface area contributed by atoms with Crippen LogP contribution < -0.4 is 5.73 Å². The third kappa shape index (κ3) is 3.95. The molecule has 2 N–H and O–H groups in total. The first kappa shape index (κ1) is 19.4. The Morgan fingerprint density at radius 3 is 2.38 bits per heavy atom. The summed E-state index contributed by atoms with van der Waals surface area (Å²) in [5, 5.41) is 0. The van der Waals surface area contributed by atoms with E-state index in [1.54, 1.807) is 0 Å². The van der Waals surface area contributed by atoms with Gasteiger partial charge in [0.05, 0.1) is 18.5 Å². The number of hydrogen-bond donors (Lipinski definition) is 1. The summed E-state index contributed by atoms with van der Waals surface area (Å²) >= 11 is 3.50. The van der Waals surface area contributed by atoms with Gasteiger partial charge in [-0.2, -0.15) is 0 Å². The SMILES string of the molecule is COC(=O)C(N)Cc1c(-c2ccc(-c3ccccc3)cc2)nc2ccc(Br)cn12. The molecule has 2 heterocycles. The molecular weight excluding hydrogens is 430 g/mol. The van der Waals surface area contributed by atoms with Gasteiger partial charge in [-0.3, -0.25) is 4.79 Å². The van der Waals surface area contributed by atoms with Gasteiger partial charge in [0.2, 0.25) is 0 Å². The lowest BCUT2D eigenvalue weighted by Gasteiger charge is -2.11. The average Bonchev–Trinajstić information content (AvgIpc) is 3.11. The maximum Gasteiger partial charge on any atom is 0.323 e. The Bertz CT molecular complexity index is 1150. The molecule has 6 heteroatoms. The highest BCUT2D eigenvalue weighted by Crippen LogP contribution is 2.29. The molecule has 0 saturated heterocycles. The van der Waals surface area contributed by atoms with Gasteiger partial charge in [-0.1, -0.05) is 54.6 Å². The highest BCUT2D eigenvalue weighted by atomic mass is 79.9. The second kappa shape index (κ2) is 8.19. The summed E-state index contributed by atoms with van der Waals surface area (Å²) in [5.41, 5.74) is 11.8. The third-order valence-electron chi connectivity index (χ3n) is 4.86. The molecule has 0 fully saturated rings. The molecule has 1 atom stereocenters. The van der Waals surface area contributed by atoms with E-state index in [9.17, 15) is 4.79 Å². The van der Waals surface area contributed by atoms with Crippen LogP contribution in [0.1, 0.15) is 5.69 Å². The van der Waals surface area contributed by atoms with Crippen LogP contribution in [0, 0.1) is 0 Å². The molecule has 0 aliphatic carbocycles. The summed E-state index contributed by atoms with van der Waals surface area (Å²) < 4.78 is 7.69. The fourth-order valence-corrected chi connectivity index (χ4v) is 3.72. The number of carbonyl (C=O) groups excluding carboxylic acids is 1.